The number of carbonyl (C=O) groups excluding carboxylic acids is 2. The van der Waals surface area contributed by atoms with Crippen LogP contribution in [0, 0.1) is 5.82 Å². The summed E-state index contributed by atoms with van der Waals surface area (Å²) in [5.74, 6) is -0.948. The van der Waals surface area contributed by atoms with Crippen LogP contribution >= 0.6 is 0 Å². The highest BCUT2D eigenvalue weighted by Crippen LogP contribution is 2.26. The van der Waals surface area contributed by atoms with E-state index < -0.39 is 5.91 Å². The minimum atomic E-state index is -0.421. The van der Waals surface area contributed by atoms with Gasteiger partial charge in [-0.05, 0) is 41.3 Å². The van der Waals surface area contributed by atoms with Gasteiger partial charge in [-0.1, -0.05) is 30.3 Å². The maximum Gasteiger partial charge on any atom is 0.263 e. The molecule has 4 rings (SSSR count). The molecule has 6 nitrogen and oxygen atoms in total. The first-order valence-electron chi connectivity index (χ1n) is 9.98. The molecule has 1 aromatic heterocycles. The molecular weight excluding hydrogens is 397 g/mol. The van der Waals surface area contributed by atoms with E-state index in [9.17, 15) is 18.8 Å². The van der Waals surface area contributed by atoms with Gasteiger partial charge in [-0.2, -0.15) is 0 Å². The highest BCUT2D eigenvalue weighted by Gasteiger charge is 2.27. The van der Waals surface area contributed by atoms with Crippen LogP contribution in [-0.4, -0.2) is 34.9 Å². The van der Waals surface area contributed by atoms with Crippen molar-refractivity contribution in [2.45, 2.75) is 13.0 Å². The summed E-state index contributed by atoms with van der Waals surface area (Å²) >= 11 is 0. The molecule has 2 amide bonds. The van der Waals surface area contributed by atoms with E-state index in [1.165, 1.54) is 17.7 Å². The van der Waals surface area contributed by atoms with Crippen molar-refractivity contribution in [3.05, 3.63) is 93.2 Å². The van der Waals surface area contributed by atoms with Gasteiger partial charge in [-0.25, -0.2) is 4.39 Å². The van der Waals surface area contributed by atoms with E-state index in [-0.39, 0.29) is 29.4 Å². The number of pyridine rings is 1. The molecule has 0 atom stereocenters. The normalized spacial score (nSPS) is 12.9. The number of halogens is 1. The quantitative estimate of drug-likeness (QED) is 0.710. The molecule has 7 heteroatoms. The van der Waals surface area contributed by atoms with E-state index in [1.54, 1.807) is 60.6 Å². The van der Waals surface area contributed by atoms with Crippen molar-refractivity contribution in [1.82, 2.24) is 14.8 Å². The summed E-state index contributed by atoms with van der Waals surface area (Å²) in [4.78, 5) is 39.6. The number of hydrogen-bond donors (Lipinski definition) is 1. The van der Waals surface area contributed by atoms with E-state index in [0.29, 0.717) is 35.2 Å². The molecule has 31 heavy (non-hydrogen) atoms. The van der Waals surface area contributed by atoms with Crippen LogP contribution in [0.15, 0.2) is 59.5 Å². The number of rotatable bonds is 3. The second kappa shape index (κ2) is 8.18. The van der Waals surface area contributed by atoms with Gasteiger partial charge in [0.15, 0.2) is 0 Å². The van der Waals surface area contributed by atoms with E-state index in [0.717, 1.165) is 5.56 Å². The van der Waals surface area contributed by atoms with Gasteiger partial charge in [0, 0.05) is 44.5 Å². The third kappa shape index (κ3) is 3.74. The van der Waals surface area contributed by atoms with Crippen LogP contribution in [0.2, 0.25) is 0 Å². The monoisotopic (exact) mass is 419 g/mol. The topological polar surface area (TPSA) is 71.4 Å². The number of nitrogens with one attached hydrogen (secondary N) is 1. The Hall–Kier alpha value is -3.74. The highest BCUT2D eigenvalue weighted by molar-refractivity contribution is 5.97. The van der Waals surface area contributed by atoms with Crippen LogP contribution in [0.5, 0.6) is 0 Å². The SMILES string of the molecule is CNC(=O)c1c2c(cn(C)c1=O)CN(C(=O)c1cccc(-c3ccccc3F)c1)CC2. The molecule has 1 N–H and O–H groups in total. The summed E-state index contributed by atoms with van der Waals surface area (Å²) in [7, 11) is 3.08. The fourth-order valence-electron chi connectivity index (χ4n) is 4.02. The second-order valence-electron chi connectivity index (χ2n) is 7.54. The summed E-state index contributed by atoms with van der Waals surface area (Å²) in [5.41, 5.74) is 2.77. The first-order chi connectivity index (χ1) is 14.9. The lowest BCUT2D eigenvalue weighted by Gasteiger charge is -2.30. The Morgan fingerprint density at radius 2 is 1.87 bits per heavy atom. The van der Waals surface area contributed by atoms with Crippen molar-refractivity contribution in [2.24, 2.45) is 7.05 Å². The molecule has 1 aliphatic rings. The maximum atomic E-state index is 14.2. The van der Waals surface area contributed by atoms with Crippen LogP contribution in [-0.2, 0) is 20.0 Å². The predicted molar refractivity (Wildman–Crippen MR) is 115 cm³/mol. The Balaban J connectivity index is 1.65. The molecule has 0 saturated carbocycles. The number of aromatic nitrogens is 1. The minimum absolute atomic E-state index is 0.135. The average Bonchev–Trinajstić information content (AvgIpc) is 2.79. The molecule has 0 unspecified atom stereocenters. The molecule has 0 fully saturated rings. The minimum Gasteiger partial charge on any atom is -0.355 e. The molecule has 2 aromatic carbocycles. The fraction of sp³-hybridized carbons (Fsp3) is 0.208. The van der Waals surface area contributed by atoms with Gasteiger partial charge in [-0.3, -0.25) is 14.4 Å². The first kappa shape index (κ1) is 20.5. The lowest BCUT2D eigenvalue weighted by atomic mass is 9.95. The Morgan fingerprint density at radius 3 is 2.61 bits per heavy atom. The fourth-order valence-corrected chi connectivity index (χ4v) is 4.02. The number of carbonyl (C=O) groups is 2. The van der Waals surface area contributed by atoms with E-state index in [1.807, 2.05) is 0 Å². The van der Waals surface area contributed by atoms with Crippen molar-refractivity contribution in [3.8, 4) is 11.1 Å². The lowest BCUT2D eigenvalue weighted by Crippen LogP contribution is -2.40. The Morgan fingerprint density at radius 1 is 1.10 bits per heavy atom. The third-order valence-corrected chi connectivity index (χ3v) is 5.60. The number of nitrogens with zero attached hydrogens (tertiary/aromatic N) is 2. The van der Waals surface area contributed by atoms with Gasteiger partial charge in [0.1, 0.15) is 11.4 Å². The van der Waals surface area contributed by atoms with Crippen molar-refractivity contribution in [1.29, 1.82) is 0 Å². The van der Waals surface area contributed by atoms with Crippen molar-refractivity contribution >= 4 is 11.8 Å². The van der Waals surface area contributed by atoms with E-state index >= 15 is 0 Å². The number of benzene rings is 2. The maximum absolute atomic E-state index is 14.2. The lowest BCUT2D eigenvalue weighted by molar-refractivity contribution is 0.0734. The molecular formula is C24H22FN3O3. The van der Waals surface area contributed by atoms with Crippen LogP contribution in [0.1, 0.15) is 31.8 Å². The number of fused-ring (bicyclic) bond motifs is 1. The van der Waals surface area contributed by atoms with Crippen LogP contribution in [0.25, 0.3) is 11.1 Å². The standard InChI is InChI=1S/C24H22FN3O3/c1-26-22(29)21-19-10-11-28(14-17(19)13-27(2)24(21)31)23(30)16-7-5-6-15(12-16)18-8-3-4-9-20(18)25/h3-9,12-13H,10-11,14H2,1-2H3,(H,26,29). The predicted octanol–water partition coefficient (Wildman–Crippen LogP) is 2.75. The molecule has 0 radical (unpaired) electrons. The van der Waals surface area contributed by atoms with E-state index in [4.69, 9.17) is 0 Å². The summed E-state index contributed by atoms with van der Waals surface area (Å²) < 4.78 is 15.5. The zero-order chi connectivity index (χ0) is 22.1. The van der Waals surface area contributed by atoms with Gasteiger partial charge in [-0.15, -0.1) is 0 Å². The van der Waals surface area contributed by atoms with Gasteiger partial charge in [0.25, 0.3) is 17.4 Å². The molecule has 2 heterocycles. The molecule has 0 spiro atoms. The molecule has 158 valence electrons. The number of aryl methyl sites for hydroxylation is 1. The molecule has 0 bridgehead atoms. The van der Waals surface area contributed by atoms with Gasteiger partial charge in [0.05, 0.1) is 0 Å². The Bertz CT molecular complexity index is 1250. The molecule has 0 saturated heterocycles. The second-order valence-corrected chi connectivity index (χ2v) is 7.54. The third-order valence-electron chi connectivity index (χ3n) is 5.60. The summed E-state index contributed by atoms with van der Waals surface area (Å²) in [6.45, 7) is 0.670. The molecule has 1 aliphatic heterocycles. The largest absolute Gasteiger partial charge is 0.355 e. The summed E-state index contributed by atoms with van der Waals surface area (Å²) in [6, 6.07) is 13.3. The first-order valence-corrected chi connectivity index (χ1v) is 9.98. The van der Waals surface area contributed by atoms with Crippen LogP contribution < -0.4 is 10.9 Å². The van der Waals surface area contributed by atoms with E-state index in [2.05, 4.69) is 5.32 Å². The zero-order valence-electron chi connectivity index (χ0n) is 17.3. The highest BCUT2D eigenvalue weighted by atomic mass is 19.1. The Labute approximate surface area is 178 Å². The molecule has 3 aromatic rings. The van der Waals surface area contributed by atoms with Gasteiger partial charge >= 0.3 is 0 Å². The van der Waals surface area contributed by atoms with Crippen molar-refractivity contribution in [3.63, 3.8) is 0 Å². The van der Waals surface area contributed by atoms with Crippen LogP contribution in [0.4, 0.5) is 4.39 Å². The molecule has 0 aliphatic carbocycles. The summed E-state index contributed by atoms with van der Waals surface area (Å²) in [5, 5.41) is 2.52. The van der Waals surface area contributed by atoms with Crippen molar-refractivity contribution in [2.75, 3.05) is 13.6 Å². The average molecular weight is 419 g/mol. The van der Waals surface area contributed by atoms with Crippen molar-refractivity contribution < 1.29 is 14.0 Å². The van der Waals surface area contributed by atoms with Gasteiger partial charge in [0.2, 0.25) is 0 Å². The summed E-state index contributed by atoms with van der Waals surface area (Å²) in [6.07, 6.45) is 2.09. The number of amides is 2. The Kier molecular flexibility index (Phi) is 5.42. The number of hydrogen-bond acceptors (Lipinski definition) is 3. The van der Waals surface area contributed by atoms with Gasteiger partial charge < -0.3 is 14.8 Å². The van der Waals surface area contributed by atoms with Crippen LogP contribution in [0.3, 0.4) is 0 Å². The zero-order valence-corrected chi connectivity index (χ0v) is 17.3. The smallest absolute Gasteiger partial charge is 0.263 e.